The van der Waals surface area contributed by atoms with Gasteiger partial charge in [-0.3, -0.25) is 0 Å². The van der Waals surface area contributed by atoms with Crippen molar-refractivity contribution in [2.45, 2.75) is 19.1 Å². The molecule has 1 fully saturated rings. The summed E-state index contributed by atoms with van der Waals surface area (Å²) in [7, 11) is 2.15. The fraction of sp³-hybridized carbons (Fsp3) is 1.00. The molecule has 0 aromatic carbocycles. The maximum Gasteiger partial charge on any atom is 0.158 e. The summed E-state index contributed by atoms with van der Waals surface area (Å²) in [5.74, 6) is 1.20. The van der Waals surface area contributed by atoms with Crippen molar-refractivity contribution in [2.24, 2.45) is 0 Å². The maximum absolute atomic E-state index is 5.48. The van der Waals surface area contributed by atoms with Gasteiger partial charge in [0.05, 0.1) is 13.2 Å². The summed E-state index contributed by atoms with van der Waals surface area (Å²) in [5, 5.41) is 0. The highest BCUT2D eigenvalue weighted by Crippen LogP contribution is 2.08. The molecule has 0 aromatic heterocycles. The Morgan fingerprint density at radius 3 is 2.64 bits per heavy atom. The summed E-state index contributed by atoms with van der Waals surface area (Å²) in [5.41, 5.74) is 0. The number of ether oxygens (including phenoxy) is 2. The summed E-state index contributed by atoms with van der Waals surface area (Å²) in [6.45, 7) is 3.93. The van der Waals surface area contributed by atoms with Gasteiger partial charge < -0.3 is 14.4 Å². The largest absolute Gasteiger partial charge is 0.353 e. The first kappa shape index (κ1) is 12.3. The van der Waals surface area contributed by atoms with Crippen LogP contribution in [0.1, 0.15) is 12.8 Å². The van der Waals surface area contributed by atoms with Gasteiger partial charge in [-0.05, 0) is 19.7 Å². The van der Waals surface area contributed by atoms with Gasteiger partial charge in [-0.1, -0.05) is 0 Å². The minimum atomic E-state index is 0.0421. The van der Waals surface area contributed by atoms with Crippen molar-refractivity contribution in [3.8, 4) is 0 Å². The summed E-state index contributed by atoms with van der Waals surface area (Å²) in [6, 6.07) is 0. The lowest BCUT2D eigenvalue weighted by Crippen LogP contribution is -2.30. The maximum atomic E-state index is 5.48. The molecule has 1 aliphatic rings. The van der Waals surface area contributed by atoms with E-state index < -0.39 is 0 Å². The standard InChI is InChI=1S/C10H21NO2S/c1-11(6-9-14-2)5-4-10-12-7-3-8-13-10/h10H,3-9H2,1-2H3. The Balaban J connectivity index is 2.00. The molecule has 0 aliphatic carbocycles. The normalized spacial score (nSPS) is 19.1. The van der Waals surface area contributed by atoms with E-state index in [4.69, 9.17) is 9.47 Å². The quantitative estimate of drug-likeness (QED) is 0.674. The van der Waals surface area contributed by atoms with Gasteiger partial charge in [0.1, 0.15) is 0 Å². The molecule has 0 bridgehead atoms. The molecule has 1 saturated heterocycles. The van der Waals surface area contributed by atoms with E-state index in [-0.39, 0.29) is 6.29 Å². The van der Waals surface area contributed by atoms with E-state index in [0.717, 1.165) is 39.1 Å². The van der Waals surface area contributed by atoms with E-state index in [1.807, 2.05) is 11.8 Å². The molecule has 1 rings (SSSR count). The number of hydrogen-bond acceptors (Lipinski definition) is 4. The molecule has 0 radical (unpaired) electrons. The Hall–Kier alpha value is 0.230. The number of hydrogen-bond donors (Lipinski definition) is 0. The van der Waals surface area contributed by atoms with E-state index in [1.54, 1.807) is 0 Å². The summed E-state index contributed by atoms with van der Waals surface area (Å²) >= 11 is 1.89. The lowest BCUT2D eigenvalue weighted by Gasteiger charge is -2.25. The Bertz CT molecular complexity index is 140. The highest BCUT2D eigenvalue weighted by Gasteiger charge is 2.14. The molecule has 0 N–H and O–H groups in total. The van der Waals surface area contributed by atoms with Crippen LogP contribution in [-0.2, 0) is 9.47 Å². The molecular formula is C10H21NO2S. The van der Waals surface area contributed by atoms with Crippen LogP contribution in [0.2, 0.25) is 0 Å². The van der Waals surface area contributed by atoms with Crippen molar-refractivity contribution >= 4 is 11.8 Å². The molecule has 84 valence electrons. The average molecular weight is 219 g/mol. The van der Waals surface area contributed by atoms with Crippen LogP contribution in [0.25, 0.3) is 0 Å². The van der Waals surface area contributed by atoms with Gasteiger partial charge in [0.2, 0.25) is 0 Å². The second-order valence-electron chi connectivity index (χ2n) is 3.61. The Kier molecular flexibility index (Phi) is 6.60. The Morgan fingerprint density at radius 1 is 1.29 bits per heavy atom. The van der Waals surface area contributed by atoms with Gasteiger partial charge in [0.15, 0.2) is 6.29 Å². The monoisotopic (exact) mass is 219 g/mol. The average Bonchev–Trinajstić information content (AvgIpc) is 2.25. The van der Waals surface area contributed by atoms with Crippen LogP contribution in [0, 0.1) is 0 Å². The highest BCUT2D eigenvalue weighted by atomic mass is 32.2. The zero-order chi connectivity index (χ0) is 10.2. The van der Waals surface area contributed by atoms with Crippen LogP contribution in [0.5, 0.6) is 0 Å². The van der Waals surface area contributed by atoms with E-state index in [9.17, 15) is 0 Å². The smallest absolute Gasteiger partial charge is 0.158 e. The van der Waals surface area contributed by atoms with E-state index in [0.29, 0.717) is 0 Å². The summed E-state index contributed by atoms with van der Waals surface area (Å²) in [4.78, 5) is 2.33. The molecule has 3 nitrogen and oxygen atoms in total. The third-order valence-electron chi connectivity index (χ3n) is 2.32. The van der Waals surface area contributed by atoms with Gasteiger partial charge in [-0.2, -0.15) is 11.8 Å². The van der Waals surface area contributed by atoms with Crippen molar-refractivity contribution in [1.82, 2.24) is 4.90 Å². The summed E-state index contributed by atoms with van der Waals surface area (Å²) < 4.78 is 11.0. The number of rotatable bonds is 6. The molecule has 14 heavy (non-hydrogen) atoms. The van der Waals surface area contributed by atoms with Crippen LogP contribution in [0.15, 0.2) is 0 Å². The fourth-order valence-electron chi connectivity index (χ4n) is 1.39. The molecule has 0 atom stereocenters. The van der Waals surface area contributed by atoms with Gasteiger partial charge >= 0.3 is 0 Å². The summed E-state index contributed by atoms with van der Waals surface area (Å²) in [6.07, 6.45) is 4.21. The third-order valence-corrected chi connectivity index (χ3v) is 2.91. The van der Waals surface area contributed by atoms with Gasteiger partial charge in [-0.25, -0.2) is 0 Å². The first-order valence-electron chi connectivity index (χ1n) is 5.23. The second-order valence-corrected chi connectivity index (χ2v) is 4.60. The van der Waals surface area contributed by atoms with Gasteiger partial charge in [-0.15, -0.1) is 0 Å². The fourth-order valence-corrected chi connectivity index (χ4v) is 1.88. The topological polar surface area (TPSA) is 21.7 Å². The van der Waals surface area contributed by atoms with Crippen LogP contribution in [0.3, 0.4) is 0 Å². The zero-order valence-electron chi connectivity index (χ0n) is 9.20. The molecule has 4 heteroatoms. The van der Waals surface area contributed by atoms with Crippen molar-refractivity contribution in [3.05, 3.63) is 0 Å². The number of thioether (sulfide) groups is 1. The predicted molar refractivity (Wildman–Crippen MR) is 60.8 cm³/mol. The Morgan fingerprint density at radius 2 is 2.00 bits per heavy atom. The van der Waals surface area contributed by atoms with Crippen molar-refractivity contribution in [1.29, 1.82) is 0 Å². The van der Waals surface area contributed by atoms with Crippen molar-refractivity contribution in [2.75, 3.05) is 45.4 Å². The molecule has 0 unspecified atom stereocenters. The number of nitrogens with zero attached hydrogens (tertiary/aromatic N) is 1. The Labute approximate surface area is 91.1 Å². The van der Waals surface area contributed by atoms with Crippen LogP contribution in [-0.4, -0.2) is 56.5 Å². The minimum Gasteiger partial charge on any atom is -0.353 e. The van der Waals surface area contributed by atoms with E-state index in [1.165, 1.54) is 5.75 Å². The molecule has 0 aromatic rings. The van der Waals surface area contributed by atoms with E-state index in [2.05, 4.69) is 18.2 Å². The van der Waals surface area contributed by atoms with Crippen molar-refractivity contribution in [3.63, 3.8) is 0 Å². The lowest BCUT2D eigenvalue weighted by atomic mass is 10.3. The predicted octanol–water partition coefficient (Wildman–Crippen LogP) is 1.43. The lowest BCUT2D eigenvalue weighted by molar-refractivity contribution is -0.182. The molecule has 1 heterocycles. The zero-order valence-corrected chi connectivity index (χ0v) is 10.0. The molecule has 0 amide bonds. The first-order valence-corrected chi connectivity index (χ1v) is 6.63. The van der Waals surface area contributed by atoms with Gasteiger partial charge in [0, 0.05) is 25.3 Å². The first-order chi connectivity index (χ1) is 6.83. The molecule has 0 spiro atoms. The van der Waals surface area contributed by atoms with Crippen LogP contribution < -0.4 is 0 Å². The highest BCUT2D eigenvalue weighted by molar-refractivity contribution is 7.98. The van der Waals surface area contributed by atoms with E-state index >= 15 is 0 Å². The van der Waals surface area contributed by atoms with Crippen LogP contribution in [0.4, 0.5) is 0 Å². The second kappa shape index (κ2) is 7.51. The molecule has 1 aliphatic heterocycles. The molecular weight excluding hydrogens is 198 g/mol. The van der Waals surface area contributed by atoms with Crippen molar-refractivity contribution < 1.29 is 9.47 Å². The van der Waals surface area contributed by atoms with Gasteiger partial charge in [0.25, 0.3) is 0 Å². The molecule has 0 saturated carbocycles. The SMILES string of the molecule is CSCCN(C)CCC1OCCCO1. The minimum absolute atomic E-state index is 0.0421. The third kappa shape index (κ3) is 5.20. The van der Waals surface area contributed by atoms with Crippen LogP contribution >= 0.6 is 11.8 Å².